The zero-order valence-electron chi connectivity index (χ0n) is 19.7. The molecule has 4 heteroatoms. The lowest BCUT2D eigenvalue weighted by Gasteiger charge is -2.37. The molecule has 1 amide bonds. The second-order valence-electron chi connectivity index (χ2n) is 10.0. The van der Waals surface area contributed by atoms with Crippen molar-refractivity contribution in [2.45, 2.75) is 64.4 Å². The van der Waals surface area contributed by atoms with E-state index in [1.807, 2.05) is 29.2 Å². The van der Waals surface area contributed by atoms with E-state index in [1.54, 1.807) is 0 Å². The quantitative estimate of drug-likeness (QED) is 0.561. The molecule has 4 nitrogen and oxygen atoms in total. The Labute approximate surface area is 192 Å². The van der Waals surface area contributed by atoms with E-state index >= 15 is 0 Å². The minimum absolute atomic E-state index is 0.127. The van der Waals surface area contributed by atoms with Gasteiger partial charge < -0.3 is 9.74 Å². The van der Waals surface area contributed by atoms with Crippen molar-refractivity contribution in [2.75, 3.05) is 13.1 Å². The van der Waals surface area contributed by atoms with Crippen LogP contribution in [0.5, 0.6) is 0 Å². The number of nitrogens with zero attached hydrogens (tertiary/aromatic N) is 2. The fraction of sp³-hybridized carbons (Fsp3) is 0.429. The summed E-state index contributed by atoms with van der Waals surface area (Å²) in [5, 5.41) is 4.39. The number of likely N-dealkylation sites (tertiary alicyclic amines) is 1. The van der Waals surface area contributed by atoms with Crippen LogP contribution in [-0.4, -0.2) is 35.2 Å². The van der Waals surface area contributed by atoms with Gasteiger partial charge in [0.05, 0.1) is 5.71 Å². The molecular formula is C28H34N2O2. The molecule has 2 heterocycles. The highest BCUT2D eigenvalue weighted by molar-refractivity contribution is 6.01. The maximum atomic E-state index is 13.2. The van der Waals surface area contributed by atoms with Gasteiger partial charge in [-0.1, -0.05) is 87.4 Å². The highest BCUT2D eigenvalue weighted by Crippen LogP contribution is 2.36. The van der Waals surface area contributed by atoms with Crippen LogP contribution >= 0.6 is 0 Å². The summed E-state index contributed by atoms with van der Waals surface area (Å²) in [6.07, 6.45) is 5.21. The summed E-state index contributed by atoms with van der Waals surface area (Å²) < 4.78 is 0. The molecule has 2 aromatic rings. The number of carbonyl (C=O) groups excluding carboxylic acids is 1. The summed E-state index contributed by atoms with van der Waals surface area (Å²) >= 11 is 0. The number of hydrogen-bond donors (Lipinski definition) is 0. The summed E-state index contributed by atoms with van der Waals surface area (Å²) in [6, 6.07) is 18.8. The molecule has 0 bridgehead atoms. The lowest BCUT2D eigenvalue weighted by atomic mass is 9.85. The van der Waals surface area contributed by atoms with Gasteiger partial charge in [0.1, 0.15) is 5.60 Å². The van der Waals surface area contributed by atoms with Gasteiger partial charge >= 0.3 is 0 Å². The molecule has 0 radical (unpaired) electrons. The van der Waals surface area contributed by atoms with Crippen LogP contribution < -0.4 is 0 Å². The standard InChI is InChI=1S/C28H34N2O2/c1-5-22(19-21-11-13-24(14-12-21)27(2,3)4)26(31)30-17-15-28(16-18-30)20-25(29-32-28)23-9-7-6-8-10-23/h6-14,19H,5,15-18,20H2,1-4H3/b22-19+. The second-order valence-corrected chi connectivity index (χ2v) is 10.0. The molecular weight excluding hydrogens is 396 g/mol. The molecule has 1 spiro atoms. The van der Waals surface area contributed by atoms with Crippen molar-refractivity contribution in [3.05, 3.63) is 76.9 Å². The summed E-state index contributed by atoms with van der Waals surface area (Å²) in [5.41, 5.74) is 5.24. The first-order valence-corrected chi connectivity index (χ1v) is 11.7. The van der Waals surface area contributed by atoms with Crippen LogP contribution in [0.4, 0.5) is 0 Å². The maximum Gasteiger partial charge on any atom is 0.249 e. The Morgan fingerprint density at radius 2 is 1.72 bits per heavy atom. The molecule has 1 fully saturated rings. The third-order valence-corrected chi connectivity index (χ3v) is 6.68. The van der Waals surface area contributed by atoms with Crippen molar-refractivity contribution in [1.29, 1.82) is 0 Å². The molecule has 4 rings (SSSR count). The summed E-state index contributed by atoms with van der Waals surface area (Å²) in [7, 11) is 0. The van der Waals surface area contributed by atoms with Crippen molar-refractivity contribution >= 4 is 17.7 Å². The lowest BCUT2D eigenvalue weighted by molar-refractivity contribution is -0.132. The minimum Gasteiger partial charge on any atom is -0.388 e. The number of benzene rings is 2. The van der Waals surface area contributed by atoms with Gasteiger partial charge in [-0.3, -0.25) is 4.79 Å². The first kappa shape index (κ1) is 22.3. The minimum atomic E-state index is -0.263. The Morgan fingerprint density at radius 3 is 2.31 bits per heavy atom. The van der Waals surface area contributed by atoms with E-state index in [1.165, 1.54) is 5.56 Å². The van der Waals surface area contributed by atoms with Gasteiger partial charge in [0.15, 0.2) is 0 Å². The lowest BCUT2D eigenvalue weighted by Crippen LogP contribution is -2.47. The van der Waals surface area contributed by atoms with Gasteiger partial charge in [-0.15, -0.1) is 0 Å². The number of carbonyl (C=O) groups is 1. The van der Waals surface area contributed by atoms with Crippen LogP contribution in [-0.2, 0) is 15.0 Å². The molecule has 0 saturated carbocycles. The number of rotatable bonds is 4. The molecule has 0 aromatic heterocycles. The summed E-state index contributed by atoms with van der Waals surface area (Å²) in [6.45, 7) is 10.1. The van der Waals surface area contributed by atoms with Crippen LogP contribution in [0.1, 0.15) is 70.1 Å². The molecule has 0 atom stereocenters. The predicted octanol–water partition coefficient (Wildman–Crippen LogP) is 5.96. The van der Waals surface area contributed by atoms with E-state index in [4.69, 9.17) is 4.84 Å². The highest BCUT2D eigenvalue weighted by Gasteiger charge is 2.43. The van der Waals surface area contributed by atoms with Crippen LogP contribution in [0.15, 0.2) is 65.3 Å². The molecule has 2 aliphatic rings. The number of piperidine rings is 1. The Kier molecular flexibility index (Phi) is 6.23. The smallest absolute Gasteiger partial charge is 0.249 e. The predicted molar refractivity (Wildman–Crippen MR) is 131 cm³/mol. The van der Waals surface area contributed by atoms with Gasteiger partial charge in [0, 0.05) is 37.9 Å². The number of amides is 1. The van der Waals surface area contributed by atoms with Crippen molar-refractivity contribution in [2.24, 2.45) is 5.16 Å². The average molecular weight is 431 g/mol. The Hall–Kier alpha value is -2.88. The third kappa shape index (κ3) is 4.79. The van der Waals surface area contributed by atoms with E-state index in [9.17, 15) is 4.79 Å². The molecule has 168 valence electrons. The van der Waals surface area contributed by atoms with Crippen molar-refractivity contribution < 1.29 is 9.63 Å². The Balaban J connectivity index is 1.39. The van der Waals surface area contributed by atoms with Crippen LogP contribution in [0.25, 0.3) is 6.08 Å². The number of oxime groups is 1. The highest BCUT2D eigenvalue weighted by atomic mass is 16.7. The molecule has 0 N–H and O–H groups in total. The van der Waals surface area contributed by atoms with Crippen molar-refractivity contribution in [3.63, 3.8) is 0 Å². The second kappa shape index (κ2) is 8.93. The molecule has 2 aliphatic heterocycles. The van der Waals surface area contributed by atoms with E-state index < -0.39 is 0 Å². The molecule has 32 heavy (non-hydrogen) atoms. The van der Waals surface area contributed by atoms with Crippen molar-refractivity contribution in [1.82, 2.24) is 4.90 Å². The van der Waals surface area contributed by atoms with Crippen molar-refractivity contribution in [3.8, 4) is 0 Å². The zero-order chi connectivity index (χ0) is 22.8. The number of hydrogen-bond acceptors (Lipinski definition) is 3. The largest absolute Gasteiger partial charge is 0.388 e. The normalized spacial score (nSPS) is 18.4. The van der Waals surface area contributed by atoms with Crippen LogP contribution in [0.3, 0.4) is 0 Å². The van der Waals surface area contributed by atoms with Gasteiger partial charge in [0.2, 0.25) is 5.91 Å². The third-order valence-electron chi connectivity index (χ3n) is 6.68. The Bertz CT molecular complexity index is 1010. The summed E-state index contributed by atoms with van der Waals surface area (Å²) in [4.78, 5) is 21.2. The molecule has 2 aromatic carbocycles. The molecule has 0 aliphatic carbocycles. The maximum absolute atomic E-state index is 13.2. The fourth-order valence-electron chi connectivity index (χ4n) is 4.49. The topological polar surface area (TPSA) is 41.9 Å². The fourth-order valence-corrected chi connectivity index (χ4v) is 4.49. The van der Waals surface area contributed by atoms with Crippen LogP contribution in [0.2, 0.25) is 0 Å². The van der Waals surface area contributed by atoms with Gasteiger partial charge in [-0.05, 0) is 34.6 Å². The van der Waals surface area contributed by atoms with E-state index in [0.29, 0.717) is 13.1 Å². The van der Waals surface area contributed by atoms with E-state index in [2.05, 4.69) is 69.2 Å². The first-order chi connectivity index (χ1) is 15.3. The van der Waals surface area contributed by atoms with Crippen LogP contribution in [0, 0.1) is 0 Å². The van der Waals surface area contributed by atoms with Gasteiger partial charge in [0.25, 0.3) is 0 Å². The SMILES string of the molecule is CC/C(=C\c1ccc(C(C)(C)C)cc1)C(=O)N1CCC2(CC1)CC(c1ccccc1)=NO2. The zero-order valence-corrected chi connectivity index (χ0v) is 19.7. The first-order valence-electron chi connectivity index (χ1n) is 11.7. The van der Waals surface area contributed by atoms with E-state index in [-0.39, 0.29) is 16.9 Å². The molecule has 0 unspecified atom stereocenters. The van der Waals surface area contributed by atoms with Gasteiger partial charge in [-0.2, -0.15) is 0 Å². The van der Waals surface area contributed by atoms with E-state index in [0.717, 1.165) is 48.1 Å². The Morgan fingerprint density at radius 1 is 1.06 bits per heavy atom. The van der Waals surface area contributed by atoms with Gasteiger partial charge in [-0.25, -0.2) is 0 Å². The monoisotopic (exact) mass is 430 g/mol. The summed E-state index contributed by atoms with van der Waals surface area (Å²) in [5.74, 6) is 0.143. The molecule has 1 saturated heterocycles. The average Bonchev–Trinajstić information content (AvgIpc) is 3.21.